The van der Waals surface area contributed by atoms with Crippen molar-refractivity contribution in [2.24, 2.45) is 11.8 Å². The Morgan fingerprint density at radius 3 is 2.90 bits per heavy atom. The van der Waals surface area contributed by atoms with E-state index in [0.29, 0.717) is 11.2 Å². The van der Waals surface area contributed by atoms with Gasteiger partial charge < -0.3 is 10.0 Å². The fourth-order valence-corrected chi connectivity index (χ4v) is 4.67. The topological polar surface area (TPSA) is 23.5 Å². The molecule has 2 saturated carbocycles. The Morgan fingerprint density at radius 2 is 2.10 bits per heavy atom. The number of benzene rings is 1. The molecule has 2 nitrogen and oxygen atoms in total. The zero-order valence-corrected chi connectivity index (χ0v) is 12.2. The molecule has 3 fully saturated rings. The van der Waals surface area contributed by atoms with Crippen LogP contribution in [0.2, 0.25) is 0 Å². The van der Waals surface area contributed by atoms with Crippen LogP contribution in [0.4, 0.5) is 0 Å². The number of hydrogen-bond donors (Lipinski definition) is 1. The molecule has 1 aromatic rings. The molecule has 0 bridgehead atoms. The first kappa shape index (κ1) is 12.7. The number of fused-ring (bicyclic) bond motifs is 1. The van der Waals surface area contributed by atoms with Crippen molar-refractivity contribution in [1.29, 1.82) is 0 Å². The smallest absolute Gasteiger partial charge is 0.115 e. The standard InChI is InChI=1S/C18H25NO/c20-17-5-1-3-15(11-17)18-8-2-4-16(18)13-19(10-9-18)12-14-6-7-14/h1,3,5,11,14,16,20H,2,4,6-10,12-13H2. The van der Waals surface area contributed by atoms with Crippen molar-refractivity contribution in [1.82, 2.24) is 4.90 Å². The molecule has 1 aliphatic heterocycles. The minimum absolute atomic E-state index is 0.360. The van der Waals surface area contributed by atoms with Gasteiger partial charge in [0.1, 0.15) is 5.75 Å². The monoisotopic (exact) mass is 271 g/mol. The third-order valence-electron chi connectivity index (χ3n) is 5.94. The summed E-state index contributed by atoms with van der Waals surface area (Å²) in [6.07, 6.45) is 8.25. The van der Waals surface area contributed by atoms with Crippen molar-refractivity contribution in [2.45, 2.75) is 43.9 Å². The predicted octanol–water partition coefficient (Wildman–Crippen LogP) is 3.55. The van der Waals surface area contributed by atoms with Crippen LogP contribution in [0.15, 0.2) is 24.3 Å². The van der Waals surface area contributed by atoms with Crippen LogP contribution in [0.5, 0.6) is 5.75 Å². The normalized spacial score (nSPS) is 34.1. The highest BCUT2D eigenvalue weighted by molar-refractivity contribution is 5.35. The van der Waals surface area contributed by atoms with E-state index in [1.165, 1.54) is 63.7 Å². The Hall–Kier alpha value is -1.02. The van der Waals surface area contributed by atoms with Crippen LogP contribution in [0.25, 0.3) is 0 Å². The summed E-state index contributed by atoms with van der Waals surface area (Å²) in [5.74, 6) is 2.24. The van der Waals surface area contributed by atoms with Gasteiger partial charge in [0, 0.05) is 18.5 Å². The van der Waals surface area contributed by atoms with Gasteiger partial charge in [0.05, 0.1) is 0 Å². The van der Waals surface area contributed by atoms with E-state index in [-0.39, 0.29) is 0 Å². The van der Waals surface area contributed by atoms with E-state index in [1.54, 1.807) is 6.07 Å². The first-order valence-corrected chi connectivity index (χ1v) is 8.28. The van der Waals surface area contributed by atoms with E-state index >= 15 is 0 Å². The van der Waals surface area contributed by atoms with E-state index in [4.69, 9.17) is 0 Å². The lowest BCUT2D eigenvalue weighted by Crippen LogP contribution is -2.47. The molecule has 108 valence electrons. The van der Waals surface area contributed by atoms with Gasteiger partial charge in [-0.15, -0.1) is 0 Å². The maximum Gasteiger partial charge on any atom is 0.115 e. The van der Waals surface area contributed by atoms with Gasteiger partial charge in [-0.05, 0) is 68.2 Å². The summed E-state index contributed by atoms with van der Waals surface area (Å²) in [4.78, 5) is 2.72. The van der Waals surface area contributed by atoms with E-state index in [2.05, 4.69) is 11.0 Å². The quantitative estimate of drug-likeness (QED) is 0.909. The summed E-state index contributed by atoms with van der Waals surface area (Å²) in [7, 11) is 0. The molecule has 4 rings (SSSR count). The molecule has 1 saturated heterocycles. The molecule has 0 aromatic heterocycles. The van der Waals surface area contributed by atoms with Crippen molar-refractivity contribution in [3.8, 4) is 5.75 Å². The van der Waals surface area contributed by atoms with Crippen LogP contribution in [-0.4, -0.2) is 29.6 Å². The fourth-order valence-electron chi connectivity index (χ4n) is 4.67. The molecule has 20 heavy (non-hydrogen) atoms. The SMILES string of the molecule is Oc1cccc(C23CCCC2CN(CC2CC2)CC3)c1. The lowest BCUT2D eigenvalue weighted by Gasteiger charge is -2.45. The van der Waals surface area contributed by atoms with Crippen LogP contribution < -0.4 is 0 Å². The number of rotatable bonds is 3. The maximum atomic E-state index is 9.83. The van der Waals surface area contributed by atoms with Gasteiger partial charge in [0.15, 0.2) is 0 Å². The van der Waals surface area contributed by atoms with Crippen LogP contribution in [-0.2, 0) is 5.41 Å². The number of likely N-dealkylation sites (tertiary alicyclic amines) is 1. The van der Waals surface area contributed by atoms with Gasteiger partial charge in [-0.2, -0.15) is 0 Å². The zero-order valence-electron chi connectivity index (χ0n) is 12.2. The molecule has 1 heterocycles. The Balaban J connectivity index is 1.57. The highest BCUT2D eigenvalue weighted by Crippen LogP contribution is 2.51. The molecule has 2 unspecified atom stereocenters. The Morgan fingerprint density at radius 1 is 1.20 bits per heavy atom. The molecule has 2 heteroatoms. The fraction of sp³-hybridized carbons (Fsp3) is 0.667. The van der Waals surface area contributed by atoms with E-state index in [0.717, 1.165) is 11.8 Å². The number of phenols is 1. The Labute approximate surface area is 121 Å². The highest BCUT2D eigenvalue weighted by Gasteiger charge is 2.47. The summed E-state index contributed by atoms with van der Waals surface area (Å²) in [6, 6.07) is 8.08. The van der Waals surface area contributed by atoms with Gasteiger partial charge >= 0.3 is 0 Å². The third kappa shape index (κ3) is 2.14. The van der Waals surface area contributed by atoms with Crippen molar-refractivity contribution >= 4 is 0 Å². The Kier molecular flexibility index (Phi) is 3.03. The van der Waals surface area contributed by atoms with Crippen molar-refractivity contribution < 1.29 is 5.11 Å². The van der Waals surface area contributed by atoms with Crippen LogP contribution in [0, 0.1) is 11.8 Å². The van der Waals surface area contributed by atoms with Gasteiger partial charge in [-0.25, -0.2) is 0 Å². The molecule has 0 amide bonds. The number of hydrogen-bond acceptors (Lipinski definition) is 2. The van der Waals surface area contributed by atoms with Crippen LogP contribution >= 0.6 is 0 Å². The second-order valence-corrected chi connectivity index (χ2v) is 7.25. The van der Waals surface area contributed by atoms with Gasteiger partial charge in [-0.3, -0.25) is 0 Å². The first-order valence-electron chi connectivity index (χ1n) is 8.28. The minimum Gasteiger partial charge on any atom is -0.508 e. The molecule has 2 atom stereocenters. The molecular formula is C18H25NO. The molecule has 1 aromatic carbocycles. The number of nitrogens with zero attached hydrogens (tertiary/aromatic N) is 1. The summed E-state index contributed by atoms with van der Waals surface area (Å²) < 4.78 is 0. The molecular weight excluding hydrogens is 246 g/mol. The predicted molar refractivity (Wildman–Crippen MR) is 80.9 cm³/mol. The highest BCUT2D eigenvalue weighted by atomic mass is 16.3. The van der Waals surface area contributed by atoms with Crippen molar-refractivity contribution in [2.75, 3.05) is 19.6 Å². The second kappa shape index (κ2) is 4.77. The average Bonchev–Trinajstić information content (AvgIpc) is 3.15. The molecule has 3 aliphatic rings. The summed E-state index contributed by atoms with van der Waals surface area (Å²) in [5, 5.41) is 9.83. The third-order valence-corrected chi connectivity index (χ3v) is 5.94. The second-order valence-electron chi connectivity index (χ2n) is 7.25. The molecule has 2 aliphatic carbocycles. The van der Waals surface area contributed by atoms with Gasteiger partial charge in [0.2, 0.25) is 0 Å². The first-order chi connectivity index (χ1) is 9.76. The zero-order chi connectivity index (χ0) is 13.6. The van der Waals surface area contributed by atoms with Crippen molar-refractivity contribution in [3.05, 3.63) is 29.8 Å². The minimum atomic E-state index is 0.360. The summed E-state index contributed by atoms with van der Waals surface area (Å²) in [6.45, 7) is 3.88. The van der Waals surface area contributed by atoms with Gasteiger partial charge in [-0.1, -0.05) is 18.6 Å². The lowest BCUT2D eigenvalue weighted by atomic mass is 9.67. The maximum absolute atomic E-state index is 9.83. The van der Waals surface area contributed by atoms with Crippen LogP contribution in [0.1, 0.15) is 44.1 Å². The largest absolute Gasteiger partial charge is 0.508 e. The molecule has 0 radical (unpaired) electrons. The molecule has 1 N–H and O–H groups in total. The van der Waals surface area contributed by atoms with Gasteiger partial charge in [0.25, 0.3) is 0 Å². The number of aromatic hydroxyl groups is 1. The van der Waals surface area contributed by atoms with Crippen LogP contribution in [0.3, 0.4) is 0 Å². The number of phenolic OH excluding ortho intramolecular Hbond substituents is 1. The molecule has 0 spiro atoms. The van der Waals surface area contributed by atoms with E-state index < -0.39 is 0 Å². The summed E-state index contributed by atoms with van der Waals surface area (Å²) in [5.41, 5.74) is 1.75. The average molecular weight is 271 g/mol. The van der Waals surface area contributed by atoms with E-state index in [9.17, 15) is 5.11 Å². The van der Waals surface area contributed by atoms with Crippen molar-refractivity contribution in [3.63, 3.8) is 0 Å². The lowest BCUT2D eigenvalue weighted by molar-refractivity contribution is 0.107. The van der Waals surface area contributed by atoms with E-state index in [1.807, 2.05) is 12.1 Å². The number of piperidine rings is 1. The Bertz CT molecular complexity index is 496. The summed E-state index contributed by atoms with van der Waals surface area (Å²) >= 11 is 0.